The molecule has 2 unspecified atom stereocenters. The Labute approximate surface area is 145 Å². The number of ether oxygens (including phenoxy) is 1. The number of rotatable bonds is 5. The third-order valence-corrected chi connectivity index (χ3v) is 4.26. The number of imide groups is 1. The largest absolute Gasteiger partial charge is 0.383 e. The molecule has 2 N–H and O–H groups in total. The lowest BCUT2D eigenvalue weighted by Gasteiger charge is -2.37. The molecule has 3 rings (SSSR count). The lowest BCUT2D eigenvalue weighted by molar-refractivity contribution is -0.122. The average Bonchev–Trinajstić information content (AvgIpc) is 2.92. The quantitative estimate of drug-likeness (QED) is 0.738. The number of anilines is 1. The fraction of sp³-hybridized carbons (Fsp3) is 0.353. The SMILES string of the molecule is COCCNC(=O)C1=CN(C)C2C(=O)N(c3ccccc3)C(=O)NC12. The Kier molecular flexibility index (Phi) is 4.71. The van der Waals surface area contributed by atoms with Crippen LogP contribution in [-0.4, -0.2) is 62.1 Å². The number of para-hydroxylation sites is 1. The highest BCUT2D eigenvalue weighted by Gasteiger charge is 2.49. The van der Waals surface area contributed by atoms with Crippen LogP contribution in [0.25, 0.3) is 0 Å². The van der Waals surface area contributed by atoms with Crippen LogP contribution in [0.1, 0.15) is 0 Å². The van der Waals surface area contributed by atoms with Gasteiger partial charge in [-0.05, 0) is 12.1 Å². The number of hydrogen-bond acceptors (Lipinski definition) is 5. The zero-order valence-electron chi connectivity index (χ0n) is 14.1. The Hall–Kier alpha value is -2.87. The lowest BCUT2D eigenvalue weighted by atomic mass is 9.99. The Morgan fingerprint density at radius 2 is 2.00 bits per heavy atom. The van der Waals surface area contributed by atoms with Gasteiger partial charge in [-0.2, -0.15) is 0 Å². The molecular formula is C17H20N4O4. The molecule has 1 saturated heterocycles. The summed E-state index contributed by atoms with van der Waals surface area (Å²) >= 11 is 0. The van der Waals surface area contributed by atoms with Crippen molar-refractivity contribution in [1.82, 2.24) is 15.5 Å². The summed E-state index contributed by atoms with van der Waals surface area (Å²) in [6.45, 7) is 0.738. The van der Waals surface area contributed by atoms with Gasteiger partial charge in [0.05, 0.1) is 23.9 Å². The molecule has 25 heavy (non-hydrogen) atoms. The Balaban J connectivity index is 1.80. The maximum atomic E-state index is 12.9. The van der Waals surface area contributed by atoms with Crippen molar-refractivity contribution in [2.24, 2.45) is 0 Å². The average molecular weight is 344 g/mol. The van der Waals surface area contributed by atoms with Crippen LogP contribution in [0.15, 0.2) is 42.1 Å². The van der Waals surface area contributed by atoms with Crippen molar-refractivity contribution in [2.45, 2.75) is 12.1 Å². The van der Waals surface area contributed by atoms with Gasteiger partial charge in [0.25, 0.3) is 11.8 Å². The minimum atomic E-state index is -0.674. The molecule has 0 spiro atoms. The zero-order valence-corrected chi connectivity index (χ0v) is 14.1. The maximum absolute atomic E-state index is 12.9. The van der Waals surface area contributed by atoms with E-state index in [0.717, 1.165) is 4.90 Å². The van der Waals surface area contributed by atoms with E-state index >= 15 is 0 Å². The molecule has 2 aliphatic rings. The lowest BCUT2D eigenvalue weighted by Crippen LogP contribution is -2.65. The summed E-state index contributed by atoms with van der Waals surface area (Å²) < 4.78 is 4.90. The van der Waals surface area contributed by atoms with Gasteiger partial charge in [0, 0.05) is 26.9 Å². The molecule has 4 amide bonds. The fourth-order valence-corrected chi connectivity index (χ4v) is 3.08. The minimum Gasteiger partial charge on any atom is -0.383 e. The number of carbonyl (C=O) groups is 3. The van der Waals surface area contributed by atoms with E-state index in [1.54, 1.807) is 49.5 Å². The monoisotopic (exact) mass is 344 g/mol. The molecule has 132 valence electrons. The van der Waals surface area contributed by atoms with E-state index in [1.165, 1.54) is 0 Å². The van der Waals surface area contributed by atoms with E-state index < -0.39 is 18.1 Å². The van der Waals surface area contributed by atoms with Crippen molar-refractivity contribution in [3.05, 3.63) is 42.1 Å². The zero-order chi connectivity index (χ0) is 18.0. The molecule has 0 bridgehead atoms. The molecule has 1 aromatic carbocycles. The first-order valence-electron chi connectivity index (χ1n) is 7.95. The molecule has 0 aromatic heterocycles. The third-order valence-electron chi connectivity index (χ3n) is 4.26. The van der Waals surface area contributed by atoms with Crippen LogP contribution in [0.4, 0.5) is 10.5 Å². The number of fused-ring (bicyclic) bond motifs is 1. The first-order valence-corrected chi connectivity index (χ1v) is 7.95. The molecule has 2 atom stereocenters. The van der Waals surface area contributed by atoms with Gasteiger partial charge in [-0.1, -0.05) is 18.2 Å². The molecule has 2 aliphatic heterocycles. The Morgan fingerprint density at radius 3 is 2.68 bits per heavy atom. The van der Waals surface area contributed by atoms with Crippen molar-refractivity contribution in [3.8, 4) is 0 Å². The fourth-order valence-electron chi connectivity index (χ4n) is 3.08. The highest BCUT2D eigenvalue weighted by atomic mass is 16.5. The van der Waals surface area contributed by atoms with E-state index in [-0.39, 0.29) is 11.8 Å². The van der Waals surface area contributed by atoms with Crippen LogP contribution >= 0.6 is 0 Å². The molecule has 2 heterocycles. The predicted molar refractivity (Wildman–Crippen MR) is 90.8 cm³/mol. The molecule has 0 radical (unpaired) electrons. The van der Waals surface area contributed by atoms with Gasteiger partial charge in [-0.15, -0.1) is 0 Å². The summed E-state index contributed by atoms with van der Waals surface area (Å²) in [6, 6.07) is 6.85. The molecular weight excluding hydrogens is 324 g/mol. The Bertz CT molecular complexity index is 719. The highest BCUT2D eigenvalue weighted by molar-refractivity contribution is 6.19. The second-order valence-corrected chi connectivity index (χ2v) is 5.88. The molecule has 8 nitrogen and oxygen atoms in total. The molecule has 1 fully saturated rings. The number of nitrogens with one attached hydrogen (secondary N) is 2. The summed E-state index contributed by atoms with van der Waals surface area (Å²) in [4.78, 5) is 40.5. The number of methoxy groups -OCH3 is 1. The van der Waals surface area contributed by atoms with Crippen LogP contribution in [0.5, 0.6) is 0 Å². The highest BCUT2D eigenvalue weighted by Crippen LogP contribution is 2.29. The second-order valence-electron chi connectivity index (χ2n) is 5.88. The van der Waals surface area contributed by atoms with Gasteiger partial charge in [-0.25, -0.2) is 9.69 Å². The topological polar surface area (TPSA) is 91.0 Å². The first kappa shape index (κ1) is 17.0. The van der Waals surface area contributed by atoms with Crippen LogP contribution in [0.3, 0.4) is 0 Å². The van der Waals surface area contributed by atoms with Gasteiger partial charge in [0.2, 0.25) is 0 Å². The Morgan fingerprint density at radius 1 is 1.28 bits per heavy atom. The van der Waals surface area contributed by atoms with E-state index in [4.69, 9.17) is 4.74 Å². The third kappa shape index (κ3) is 3.08. The standard InChI is InChI=1S/C17H20N4O4/c1-20-10-12(15(22)18-8-9-25-2)13-14(20)16(23)21(17(24)19-13)11-6-4-3-5-7-11/h3-7,10,13-14H,8-9H2,1-2H3,(H,18,22)(H,19,24). The number of carbonyl (C=O) groups excluding carboxylic acids is 3. The van der Waals surface area contributed by atoms with Gasteiger partial charge in [0.15, 0.2) is 0 Å². The van der Waals surface area contributed by atoms with Gasteiger partial charge in [0.1, 0.15) is 6.04 Å². The molecule has 8 heteroatoms. The number of amides is 4. The summed E-state index contributed by atoms with van der Waals surface area (Å²) in [5.41, 5.74) is 0.855. The van der Waals surface area contributed by atoms with Crippen LogP contribution < -0.4 is 15.5 Å². The van der Waals surface area contributed by atoms with Crippen LogP contribution in [0.2, 0.25) is 0 Å². The van der Waals surface area contributed by atoms with Gasteiger partial charge >= 0.3 is 6.03 Å². The summed E-state index contributed by atoms with van der Waals surface area (Å²) in [5, 5.41) is 5.49. The number of hydrogen-bond donors (Lipinski definition) is 2. The number of nitrogens with zero attached hydrogens (tertiary/aromatic N) is 2. The molecule has 0 aliphatic carbocycles. The summed E-state index contributed by atoms with van der Waals surface area (Å²) in [7, 11) is 3.26. The van der Waals surface area contributed by atoms with Gasteiger partial charge < -0.3 is 20.3 Å². The van der Waals surface area contributed by atoms with E-state index in [9.17, 15) is 14.4 Å². The van der Waals surface area contributed by atoms with Crippen molar-refractivity contribution < 1.29 is 19.1 Å². The van der Waals surface area contributed by atoms with Crippen molar-refractivity contribution in [1.29, 1.82) is 0 Å². The van der Waals surface area contributed by atoms with Crippen molar-refractivity contribution in [2.75, 3.05) is 32.2 Å². The number of likely N-dealkylation sites (N-methyl/N-ethyl adjacent to an activating group) is 1. The molecule has 1 aromatic rings. The second kappa shape index (κ2) is 6.94. The van der Waals surface area contributed by atoms with Crippen molar-refractivity contribution in [3.63, 3.8) is 0 Å². The van der Waals surface area contributed by atoms with E-state index in [0.29, 0.717) is 24.4 Å². The predicted octanol–water partition coefficient (Wildman–Crippen LogP) is 0.0719. The molecule has 0 saturated carbocycles. The van der Waals surface area contributed by atoms with E-state index in [1.807, 2.05) is 6.07 Å². The maximum Gasteiger partial charge on any atom is 0.329 e. The van der Waals surface area contributed by atoms with Gasteiger partial charge in [-0.3, -0.25) is 9.59 Å². The number of benzene rings is 1. The normalized spacial score (nSPS) is 22.4. The smallest absolute Gasteiger partial charge is 0.329 e. The van der Waals surface area contributed by atoms with Crippen LogP contribution in [0, 0.1) is 0 Å². The minimum absolute atomic E-state index is 0.322. The summed E-state index contributed by atoms with van der Waals surface area (Å²) in [6.07, 6.45) is 1.60. The van der Waals surface area contributed by atoms with Crippen molar-refractivity contribution >= 4 is 23.5 Å². The van der Waals surface area contributed by atoms with Crippen LogP contribution in [-0.2, 0) is 14.3 Å². The van der Waals surface area contributed by atoms with E-state index in [2.05, 4.69) is 10.6 Å². The summed E-state index contributed by atoms with van der Waals surface area (Å²) in [5.74, 6) is -0.684. The first-order chi connectivity index (χ1) is 12.0. The number of urea groups is 1.